The Morgan fingerprint density at radius 3 is 2.83 bits per heavy atom. The zero-order valence-electron chi connectivity index (χ0n) is 7.21. The SMILES string of the molecule is CCCOC(=O)CCC([NH-])C=O. The number of rotatable bonds is 6. The van der Waals surface area contributed by atoms with Crippen molar-refractivity contribution in [2.75, 3.05) is 6.61 Å². The van der Waals surface area contributed by atoms with Crippen LogP contribution in [-0.4, -0.2) is 24.9 Å². The molecule has 0 aliphatic heterocycles. The number of carbonyl (C=O) groups excluding carboxylic acids is 2. The van der Waals surface area contributed by atoms with Crippen LogP contribution in [0.1, 0.15) is 26.2 Å². The smallest absolute Gasteiger partial charge is 0.305 e. The van der Waals surface area contributed by atoms with E-state index in [2.05, 4.69) is 0 Å². The normalized spacial score (nSPS) is 12.2. The zero-order valence-corrected chi connectivity index (χ0v) is 7.21. The Labute approximate surface area is 72.1 Å². The summed E-state index contributed by atoms with van der Waals surface area (Å²) in [6, 6.07) is -0.792. The largest absolute Gasteiger partial charge is 0.669 e. The number of carbonyl (C=O) groups is 2. The monoisotopic (exact) mass is 172 g/mol. The number of ether oxygens (including phenoxy) is 1. The number of nitrogens with one attached hydrogen (secondary N) is 1. The maximum atomic E-state index is 10.8. The Morgan fingerprint density at radius 1 is 1.67 bits per heavy atom. The molecule has 0 heterocycles. The molecule has 12 heavy (non-hydrogen) atoms. The topological polar surface area (TPSA) is 67.2 Å². The average molecular weight is 172 g/mol. The second-order valence-electron chi connectivity index (χ2n) is 2.50. The number of hydrogen-bond acceptors (Lipinski definition) is 3. The third-order valence-corrected chi connectivity index (χ3v) is 1.29. The van der Waals surface area contributed by atoms with Crippen molar-refractivity contribution in [3.05, 3.63) is 5.73 Å². The van der Waals surface area contributed by atoms with E-state index in [1.807, 2.05) is 6.92 Å². The van der Waals surface area contributed by atoms with Crippen LogP contribution < -0.4 is 0 Å². The summed E-state index contributed by atoms with van der Waals surface area (Å²) < 4.78 is 4.75. The summed E-state index contributed by atoms with van der Waals surface area (Å²) in [5.41, 5.74) is 7.02. The number of aldehydes is 1. The van der Waals surface area contributed by atoms with Gasteiger partial charge in [0.1, 0.15) is 6.29 Å². The molecule has 70 valence electrons. The van der Waals surface area contributed by atoms with E-state index in [0.717, 1.165) is 6.42 Å². The molecule has 0 spiro atoms. The molecule has 0 saturated heterocycles. The van der Waals surface area contributed by atoms with Crippen LogP contribution >= 0.6 is 0 Å². The molecule has 0 bridgehead atoms. The van der Waals surface area contributed by atoms with Gasteiger partial charge >= 0.3 is 5.97 Å². The summed E-state index contributed by atoms with van der Waals surface area (Å²) in [5, 5.41) is 0. The Balaban J connectivity index is 3.36. The van der Waals surface area contributed by atoms with Crippen molar-refractivity contribution in [3.63, 3.8) is 0 Å². The van der Waals surface area contributed by atoms with Crippen molar-refractivity contribution >= 4 is 12.3 Å². The molecule has 0 aromatic carbocycles. The molecule has 1 unspecified atom stereocenters. The molecule has 0 radical (unpaired) electrons. The van der Waals surface area contributed by atoms with Crippen LogP contribution in [0.3, 0.4) is 0 Å². The van der Waals surface area contributed by atoms with Crippen LogP contribution in [0.15, 0.2) is 0 Å². The van der Waals surface area contributed by atoms with Gasteiger partial charge in [0, 0.05) is 6.42 Å². The van der Waals surface area contributed by atoms with Crippen molar-refractivity contribution < 1.29 is 14.3 Å². The highest BCUT2D eigenvalue weighted by Gasteiger charge is 2.02. The Morgan fingerprint density at radius 2 is 2.33 bits per heavy atom. The molecule has 0 aromatic heterocycles. The van der Waals surface area contributed by atoms with Crippen molar-refractivity contribution in [3.8, 4) is 0 Å². The molecule has 1 N–H and O–H groups in total. The summed E-state index contributed by atoms with van der Waals surface area (Å²) >= 11 is 0. The quantitative estimate of drug-likeness (QED) is 0.448. The molecule has 0 saturated carbocycles. The maximum absolute atomic E-state index is 10.8. The average Bonchev–Trinajstić information content (AvgIpc) is 2.10. The molecule has 0 rings (SSSR count). The Hall–Kier alpha value is -0.900. The zero-order chi connectivity index (χ0) is 9.40. The van der Waals surface area contributed by atoms with E-state index in [1.54, 1.807) is 0 Å². The first-order valence-corrected chi connectivity index (χ1v) is 4.02. The van der Waals surface area contributed by atoms with E-state index < -0.39 is 6.04 Å². The molecule has 4 nitrogen and oxygen atoms in total. The highest BCUT2D eigenvalue weighted by molar-refractivity contribution is 5.70. The number of esters is 1. The van der Waals surface area contributed by atoms with Gasteiger partial charge < -0.3 is 15.3 Å². The first kappa shape index (κ1) is 11.1. The minimum Gasteiger partial charge on any atom is -0.669 e. The van der Waals surface area contributed by atoms with Crippen molar-refractivity contribution in [1.29, 1.82) is 0 Å². The van der Waals surface area contributed by atoms with E-state index in [-0.39, 0.29) is 18.8 Å². The fraction of sp³-hybridized carbons (Fsp3) is 0.750. The van der Waals surface area contributed by atoms with Crippen molar-refractivity contribution in [2.45, 2.75) is 32.2 Å². The predicted molar refractivity (Wildman–Crippen MR) is 44.7 cm³/mol. The lowest BCUT2D eigenvalue weighted by atomic mass is 10.2. The molecule has 0 fully saturated rings. The predicted octanol–water partition coefficient (Wildman–Crippen LogP) is 1.34. The molecular formula is C8H14NO3-. The van der Waals surface area contributed by atoms with Crippen LogP contribution in [-0.2, 0) is 14.3 Å². The van der Waals surface area contributed by atoms with Gasteiger partial charge in [0.15, 0.2) is 0 Å². The lowest BCUT2D eigenvalue weighted by Gasteiger charge is -2.10. The minimum absolute atomic E-state index is 0.160. The Kier molecular flexibility index (Phi) is 6.28. The van der Waals surface area contributed by atoms with E-state index in [0.29, 0.717) is 12.9 Å². The number of hydrogen-bond donors (Lipinski definition) is 0. The highest BCUT2D eigenvalue weighted by atomic mass is 16.5. The standard InChI is InChI=1S/C8H14NO3/c1-2-5-12-8(11)4-3-7(9)6-10/h6-7,9H,2-5H2,1H3/q-1. The van der Waals surface area contributed by atoms with Gasteiger partial charge in [-0.3, -0.25) is 4.79 Å². The van der Waals surface area contributed by atoms with Crippen LogP contribution in [0.4, 0.5) is 0 Å². The van der Waals surface area contributed by atoms with Gasteiger partial charge in [-0.15, -0.1) is 0 Å². The van der Waals surface area contributed by atoms with Crippen LogP contribution in [0.2, 0.25) is 0 Å². The molecular weight excluding hydrogens is 158 g/mol. The van der Waals surface area contributed by atoms with Gasteiger partial charge in [0.25, 0.3) is 0 Å². The molecule has 0 aromatic rings. The van der Waals surface area contributed by atoms with E-state index in [4.69, 9.17) is 10.5 Å². The van der Waals surface area contributed by atoms with Gasteiger partial charge in [-0.05, 0) is 6.42 Å². The van der Waals surface area contributed by atoms with Gasteiger partial charge in [-0.2, -0.15) is 0 Å². The summed E-state index contributed by atoms with van der Waals surface area (Å²) in [5.74, 6) is -0.323. The lowest BCUT2D eigenvalue weighted by Crippen LogP contribution is -2.10. The molecule has 1 atom stereocenters. The second-order valence-corrected chi connectivity index (χ2v) is 2.50. The maximum Gasteiger partial charge on any atom is 0.305 e. The fourth-order valence-corrected chi connectivity index (χ4v) is 0.629. The van der Waals surface area contributed by atoms with Crippen LogP contribution in [0.5, 0.6) is 0 Å². The lowest BCUT2D eigenvalue weighted by molar-refractivity contribution is -0.143. The summed E-state index contributed by atoms with van der Waals surface area (Å²) in [4.78, 5) is 20.8. The summed E-state index contributed by atoms with van der Waals surface area (Å²) in [7, 11) is 0. The van der Waals surface area contributed by atoms with E-state index in [9.17, 15) is 9.59 Å². The van der Waals surface area contributed by atoms with E-state index >= 15 is 0 Å². The summed E-state index contributed by atoms with van der Waals surface area (Å²) in [6.07, 6.45) is 1.73. The van der Waals surface area contributed by atoms with Gasteiger partial charge in [0.05, 0.1) is 6.61 Å². The van der Waals surface area contributed by atoms with Crippen LogP contribution in [0, 0.1) is 0 Å². The Bertz CT molecular complexity index is 147. The first-order valence-electron chi connectivity index (χ1n) is 4.02. The van der Waals surface area contributed by atoms with Crippen molar-refractivity contribution in [2.24, 2.45) is 0 Å². The first-order chi connectivity index (χ1) is 5.70. The van der Waals surface area contributed by atoms with Gasteiger partial charge in [-0.1, -0.05) is 19.4 Å². The second kappa shape index (κ2) is 6.79. The van der Waals surface area contributed by atoms with E-state index in [1.165, 1.54) is 0 Å². The van der Waals surface area contributed by atoms with Gasteiger partial charge in [-0.25, -0.2) is 0 Å². The third kappa shape index (κ3) is 5.85. The van der Waals surface area contributed by atoms with Crippen LogP contribution in [0.25, 0.3) is 5.73 Å². The molecule has 0 amide bonds. The minimum atomic E-state index is -0.792. The molecule has 0 aliphatic rings. The third-order valence-electron chi connectivity index (χ3n) is 1.29. The van der Waals surface area contributed by atoms with Gasteiger partial charge in [0.2, 0.25) is 0 Å². The fourth-order valence-electron chi connectivity index (χ4n) is 0.629. The molecule has 0 aliphatic carbocycles. The molecule has 4 heteroatoms. The highest BCUT2D eigenvalue weighted by Crippen LogP contribution is 1.99. The summed E-state index contributed by atoms with van der Waals surface area (Å²) in [6.45, 7) is 2.33. The van der Waals surface area contributed by atoms with Crippen molar-refractivity contribution in [1.82, 2.24) is 0 Å².